The number of carbonyl (C=O) groups excluding carboxylic acids is 1. The number of unbranched alkanes of at least 4 members (excludes halogenated alkanes) is 14. The minimum absolute atomic E-state index is 0.130. The Kier molecular flexibility index (Phi) is 47.3. The highest BCUT2D eigenvalue weighted by Gasteiger charge is 2.13. The zero-order chi connectivity index (χ0) is 41.4. The second kappa shape index (κ2) is 47.9. The minimum atomic E-state index is -1.46. The van der Waals surface area contributed by atoms with Gasteiger partial charge < -0.3 is 56.5 Å². The summed E-state index contributed by atoms with van der Waals surface area (Å²) in [5.41, 5.74) is 0. The van der Waals surface area contributed by atoms with Gasteiger partial charge in [-0.1, -0.05) is 96.8 Å². The molecule has 0 radical (unpaired) electrons. The molecule has 0 aromatic rings. The lowest BCUT2D eigenvalue weighted by Gasteiger charge is -2.16. The average Bonchev–Trinajstić information content (AvgIpc) is 3.19. The van der Waals surface area contributed by atoms with Crippen LogP contribution in [0, 0.1) is 0 Å². The fraction of sp³-hybridized carbons (Fsp3) is 0.977. The summed E-state index contributed by atoms with van der Waals surface area (Å²) in [5.74, 6) is -0.130. The first-order valence-corrected chi connectivity index (χ1v) is 25.9. The van der Waals surface area contributed by atoms with Crippen molar-refractivity contribution in [3.63, 3.8) is 0 Å². The number of rotatable bonds is 50. The zero-order valence-corrected chi connectivity index (χ0v) is 38.2. The second-order valence-corrected chi connectivity index (χ2v) is 19.5. The van der Waals surface area contributed by atoms with Crippen LogP contribution in [0.3, 0.4) is 0 Å². The fourth-order valence-electron chi connectivity index (χ4n) is 5.42. The van der Waals surface area contributed by atoms with Gasteiger partial charge in [-0.2, -0.15) is 0 Å². The molecule has 0 aliphatic rings. The van der Waals surface area contributed by atoms with Crippen LogP contribution in [0.4, 0.5) is 0 Å². The van der Waals surface area contributed by atoms with Crippen LogP contribution in [0.5, 0.6) is 0 Å². The lowest BCUT2D eigenvalue weighted by atomic mass is 10.0. The van der Waals surface area contributed by atoms with Gasteiger partial charge >= 0.3 is 5.97 Å². The molecule has 0 amide bonds. The molecule has 342 valence electrons. The van der Waals surface area contributed by atoms with Gasteiger partial charge in [-0.25, -0.2) is 0 Å². The summed E-state index contributed by atoms with van der Waals surface area (Å²) < 4.78 is 66.0. The molecule has 14 heteroatoms. The molecule has 0 rings (SSSR count). The van der Waals surface area contributed by atoms with Gasteiger partial charge in [0.2, 0.25) is 0 Å². The van der Waals surface area contributed by atoms with Crippen molar-refractivity contribution in [2.75, 3.05) is 145 Å². The van der Waals surface area contributed by atoms with Crippen molar-refractivity contribution in [3.8, 4) is 0 Å². The Morgan fingerprint density at radius 3 is 0.807 bits per heavy atom. The van der Waals surface area contributed by atoms with Gasteiger partial charge in [0.15, 0.2) is 8.32 Å². The summed E-state index contributed by atoms with van der Waals surface area (Å²) in [7, 11) is -1.46. The smallest absolute Gasteiger partial charge is 0.305 e. The molecule has 13 nitrogen and oxygen atoms in total. The van der Waals surface area contributed by atoms with E-state index in [-0.39, 0.29) is 12.6 Å². The van der Waals surface area contributed by atoms with Crippen LogP contribution >= 0.6 is 0 Å². The molecule has 0 N–H and O–H groups in total. The molecule has 0 heterocycles. The number of esters is 1. The molecule has 0 unspecified atom stereocenters. The molecule has 0 aromatic heterocycles. The highest BCUT2D eigenvalue weighted by atomic mass is 28.4. The summed E-state index contributed by atoms with van der Waals surface area (Å²) in [6.45, 7) is 19.8. The molecule has 0 aliphatic heterocycles. The SMILES string of the molecule is CCCCCCCCCCCCCCCCCC(=O)OCCOCCOCCOCCOCCOCCOCCOCCOCCOCCOCCO[Si](C)(C)C. The van der Waals surface area contributed by atoms with Gasteiger partial charge in [-0.15, -0.1) is 0 Å². The topological polar surface area (TPSA) is 128 Å². The normalized spacial score (nSPS) is 11.9. The van der Waals surface area contributed by atoms with E-state index >= 15 is 0 Å². The van der Waals surface area contributed by atoms with E-state index < -0.39 is 8.32 Å². The molecule has 0 atom stereocenters. The Hall–Kier alpha value is -0.753. The minimum Gasteiger partial charge on any atom is -0.463 e. The summed E-state index contributed by atoms with van der Waals surface area (Å²) in [4.78, 5) is 11.9. The molecule has 0 bridgehead atoms. The number of hydrogen-bond donors (Lipinski definition) is 0. The lowest BCUT2D eigenvalue weighted by molar-refractivity contribution is -0.145. The molecule has 57 heavy (non-hydrogen) atoms. The van der Waals surface area contributed by atoms with E-state index in [0.717, 1.165) is 12.8 Å². The van der Waals surface area contributed by atoms with Gasteiger partial charge in [0, 0.05) is 6.42 Å². The Bertz CT molecular complexity index is 776. The van der Waals surface area contributed by atoms with E-state index in [0.29, 0.717) is 145 Å². The van der Waals surface area contributed by atoms with Crippen molar-refractivity contribution in [1.82, 2.24) is 0 Å². The van der Waals surface area contributed by atoms with Crippen LogP contribution in [0.1, 0.15) is 110 Å². The molecule has 0 fully saturated rings. The van der Waals surface area contributed by atoms with E-state index in [2.05, 4.69) is 26.6 Å². The monoisotopic (exact) mass is 841 g/mol. The largest absolute Gasteiger partial charge is 0.463 e. The van der Waals surface area contributed by atoms with Crippen molar-refractivity contribution < 1.29 is 61.3 Å². The van der Waals surface area contributed by atoms with E-state index in [1.165, 1.54) is 83.5 Å². The summed E-state index contributed by atoms with van der Waals surface area (Å²) in [6.07, 6.45) is 20.2. The van der Waals surface area contributed by atoms with Crippen molar-refractivity contribution in [1.29, 1.82) is 0 Å². The molecular formula is C43H88O13Si. The molecule has 0 aliphatic carbocycles. The van der Waals surface area contributed by atoms with Crippen LogP contribution in [0.2, 0.25) is 19.6 Å². The Morgan fingerprint density at radius 1 is 0.316 bits per heavy atom. The standard InChI is InChI=1S/C43H88O13Si/c1-5-6-7-8-9-10-11-12-13-14-15-16-17-18-19-20-43(44)55-41-39-53-37-35-51-33-31-49-29-27-47-25-23-45-21-22-46-24-26-48-28-30-50-32-34-52-36-38-54-40-42-56-57(2,3)4/h5-42H2,1-4H3. The predicted octanol–water partition coefficient (Wildman–Crippen LogP) is 7.81. The van der Waals surface area contributed by atoms with Gasteiger partial charge in [0.05, 0.1) is 139 Å². The Labute approximate surface area is 349 Å². The number of ether oxygens (including phenoxy) is 11. The van der Waals surface area contributed by atoms with Crippen LogP contribution in [-0.2, 0) is 61.3 Å². The van der Waals surface area contributed by atoms with E-state index in [1.54, 1.807) is 0 Å². The van der Waals surface area contributed by atoms with Crippen LogP contribution in [0.15, 0.2) is 0 Å². The van der Waals surface area contributed by atoms with Crippen molar-refractivity contribution in [2.45, 2.75) is 129 Å². The number of carbonyl (C=O) groups is 1. The zero-order valence-electron chi connectivity index (χ0n) is 37.2. The maximum absolute atomic E-state index is 11.9. The average molecular weight is 841 g/mol. The Balaban J connectivity index is 3.14. The predicted molar refractivity (Wildman–Crippen MR) is 228 cm³/mol. The molecule has 0 aromatic carbocycles. The maximum Gasteiger partial charge on any atom is 0.305 e. The molecule has 0 saturated carbocycles. The molecule has 0 spiro atoms. The highest BCUT2D eigenvalue weighted by Crippen LogP contribution is 2.14. The summed E-state index contributed by atoms with van der Waals surface area (Å²) in [5, 5.41) is 0. The van der Waals surface area contributed by atoms with E-state index in [4.69, 9.17) is 56.5 Å². The first kappa shape index (κ1) is 56.2. The van der Waals surface area contributed by atoms with E-state index in [1.807, 2.05) is 0 Å². The number of hydrogen-bond acceptors (Lipinski definition) is 13. The Morgan fingerprint density at radius 2 is 0.544 bits per heavy atom. The van der Waals surface area contributed by atoms with Gasteiger partial charge in [-0.05, 0) is 26.1 Å². The van der Waals surface area contributed by atoms with Crippen LogP contribution in [0.25, 0.3) is 0 Å². The lowest BCUT2D eigenvalue weighted by Crippen LogP contribution is -2.27. The third-order valence-electron chi connectivity index (χ3n) is 8.59. The summed E-state index contributed by atoms with van der Waals surface area (Å²) in [6, 6.07) is 0. The van der Waals surface area contributed by atoms with Crippen molar-refractivity contribution in [3.05, 3.63) is 0 Å². The van der Waals surface area contributed by atoms with Crippen molar-refractivity contribution in [2.24, 2.45) is 0 Å². The van der Waals surface area contributed by atoms with E-state index in [9.17, 15) is 4.79 Å². The van der Waals surface area contributed by atoms with Gasteiger partial charge in [0.1, 0.15) is 6.61 Å². The van der Waals surface area contributed by atoms with Crippen molar-refractivity contribution >= 4 is 14.3 Å². The third kappa shape index (κ3) is 53.2. The quantitative estimate of drug-likeness (QED) is 0.0336. The van der Waals surface area contributed by atoms with Gasteiger partial charge in [0.25, 0.3) is 0 Å². The van der Waals surface area contributed by atoms with Gasteiger partial charge in [-0.3, -0.25) is 4.79 Å². The first-order valence-electron chi connectivity index (χ1n) is 22.5. The fourth-order valence-corrected chi connectivity index (χ4v) is 6.11. The summed E-state index contributed by atoms with van der Waals surface area (Å²) >= 11 is 0. The molecule has 0 saturated heterocycles. The maximum atomic E-state index is 11.9. The molecular weight excluding hydrogens is 753 g/mol. The highest BCUT2D eigenvalue weighted by molar-refractivity contribution is 6.69. The third-order valence-corrected chi connectivity index (χ3v) is 9.66. The second-order valence-electron chi connectivity index (χ2n) is 15.0. The first-order chi connectivity index (χ1) is 28.0. The van der Waals surface area contributed by atoms with Crippen LogP contribution < -0.4 is 0 Å². The van der Waals surface area contributed by atoms with Crippen LogP contribution in [-0.4, -0.2) is 160 Å².